The Morgan fingerprint density at radius 2 is 1.56 bits per heavy atom. The van der Waals surface area contributed by atoms with Crippen molar-refractivity contribution in [2.75, 3.05) is 0 Å². The third-order valence-corrected chi connectivity index (χ3v) is 8.45. The molecule has 1 aliphatic carbocycles. The summed E-state index contributed by atoms with van der Waals surface area (Å²) in [5.74, 6) is -5.20. The van der Waals surface area contributed by atoms with Gasteiger partial charge in [0.05, 0.1) is 18.2 Å². The molecule has 1 heterocycles. The topological polar surface area (TPSA) is 162 Å². The summed E-state index contributed by atoms with van der Waals surface area (Å²) in [5.41, 5.74) is -2.83. The van der Waals surface area contributed by atoms with Gasteiger partial charge < -0.3 is 25.6 Å². The number of fused-ring (bicyclic) bond motifs is 1. The molecule has 3 unspecified atom stereocenters. The Bertz CT molecular complexity index is 1300. The van der Waals surface area contributed by atoms with Crippen LogP contribution in [0.3, 0.4) is 0 Å². The number of benzene rings is 2. The number of carbonyl (C=O) groups is 5. The first-order valence-corrected chi connectivity index (χ1v) is 14.6. The number of carboxylic acids is 2. The Balaban J connectivity index is 1.67. The Hall–Kier alpha value is -4.09. The first-order valence-electron chi connectivity index (χ1n) is 14.6. The smallest absolute Gasteiger partial charge is 0.332 e. The number of Topliss-reactive ketones (excluding diaryl/α,β-unsaturated/α-hetero) is 1. The van der Waals surface area contributed by atoms with Crippen LogP contribution in [-0.2, 0) is 41.8 Å². The number of morpholine rings is 1. The maximum absolute atomic E-state index is 14.3. The average Bonchev–Trinajstić information content (AvgIpc) is 2.98. The Morgan fingerprint density at radius 1 is 1.00 bits per heavy atom. The molecule has 11 heteroatoms. The SMILES string of the molecule is C[C@H](NC(=O)C1(C)OC2CCCCC2NC1=O)C(=O)[C@@](CCC(=O)O)(C(=O)O)N(Cc1ccccc1)Cc1ccccc1. The lowest BCUT2D eigenvalue weighted by Crippen LogP contribution is -2.69. The zero-order chi connectivity index (χ0) is 31.2. The number of ketones is 1. The van der Waals surface area contributed by atoms with E-state index >= 15 is 0 Å². The summed E-state index contributed by atoms with van der Waals surface area (Å²) in [4.78, 5) is 67.2. The van der Waals surface area contributed by atoms with Crippen molar-refractivity contribution in [1.82, 2.24) is 15.5 Å². The molecule has 230 valence electrons. The highest BCUT2D eigenvalue weighted by Crippen LogP contribution is 2.32. The van der Waals surface area contributed by atoms with Crippen LogP contribution in [0.5, 0.6) is 0 Å². The highest BCUT2D eigenvalue weighted by Gasteiger charge is 2.55. The highest BCUT2D eigenvalue weighted by molar-refractivity contribution is 6.13. The van der Waals surface area contributed by atoms with Gasteiger partial charge in [-0.2, -0.15) is 0 Å². The van der Waals surface area contributed by atoms with Gasteiger partial charge in [0.2, 0.25) is 5.60 Å². The molecule has 4 rings (SSSR count). The minimum Gasteiger partial charge on any atom is -0.481 e. The molecule has 4 N–H and O–H groups in total. The van der Waals surface area contributed by atoms with Crippen LogP contribution < -0.4 is 10.6 Å². The van der Waals surface area contributed by atoms with Crippen molar-refractivity contribution < 1.29 is 38.9 Å². The van der Waals surface area contributed by atoms with Gasteiger partial charge in [-0.05, 0) is 44.2 Å². The summed E-state index contributed by atoms with van der Waals surface area (Å²) in [7, 11) is 0. The van der Waals surface area contributed by atoms with E-state index in [9.17, 15) is 34.2 Å². The number of nitrogens with one attached hydrogen (secondary N) is 2. The van der Waals surface area contributed by atoms with Gasteiger partial charge in [-0.25, -0.2) is 4.79 Å². The molecule has 2 aromatic carbocycles. The van der Waals surface area contributed by atoms with E-state index < -0.39 is 59.6 Å². The van der Waals surface area contributed by atoms with Gasteiger partial charge in [0.15, 0.2) is 11.3 Å². The average molecular weight is 594 g/mol. The third kappa shape index (κ3) is 6.94. The van der Waals surface area contributed by atoms with E-state index in [0.29, 0.717) is 17.5 Å². The van der Waals surface area contributed by atoms with E-state index in [1.54, 1.807) is 48.5 Å². The normalized spacial score (nSPS) is 23.7. The van der Waals surface area contributed by atoms with Gasteiger partial charge >= 0.3 is 11.9 Å². The molecule has 0 radical (unpaired) electrons. The van der Waals surface area contributed by atoms with Gasteiger partial charge in [-0.1, -0.05) is 73.5 Å². The summed E-state index contributed by atoms with van der Waals surface area (Å²) in [6.45, 7) is 2.71. The van der Waals surface area contributed by atoms with Crippen LogP contribution in [0.2, 0.25) is 0 Å². The largest absolute Gasteiger partial charge is 0.481 e. The molecule has 2 amide bonds. The molecule has 1 saturated carbocycles. The fraction of sp³-hybridized carbons (Fsp3) is 0.469. The Labute approximate surface area is 250 Å². The van der Waals surface area contributed by atoms with Crippen molar-refractivity contribution in [3.8, 4) is 0 Å². The van der Waals surface area contributed by atoms with Crippen molar-refractivity contribution in [3.05, 3.63) is 71.8 Å². The zero-order valence-electron chi connectivity index (χ0n) is 24.5. The minimum atomic E-state index is -2.33. The van der Waals surface area contributed by atoms with Gasteiger partial charge in [0.25, 0.3) is 11.8 Å². The molecule has 1 aliphatic heterocycles. The van der Waals surface area contributed by atoms with Crippen LogP contribution in [0, 0.1) is 0 Å². The van der Waals surface area contributed by atoms with E-state index in [2.05, 4.69) is 10.6 Å². The van der Waals surface area contributed by atoms with Crippen molar-refractivity contribution in [1.29, 1.82) is 0 Å². The maximum Gasteiger partial charge on any atom is 0.332 e. The van der Waals surface area contributed by atoms with Gasteiger partial charge in [-0.15, -0.1) is 0 Å². The fourth-order valence-electron chi connectivity index (χ4n) is 5.99. The number of nitrogens with zero attached hydrogens (tertiary/aromatic N) is 1. The Morgan fingerprint density at radius 3 is 2.09 bits per heavy atom. The number of carboxylic acid groups (broad SMARTS) is 2. The summed E-state index contributed by atoms with van der Waals surface area (Å²) >= 11 is 0. The first-order chi connectivity index (χ1) is 20.5. The van der Waals surface area contributed by atoms with Crippen LogP contribution in [0.15, 0.2) is 60.7 Å². The molecule has 5 atom stereocenters. The van der Waals surface area contributed by atoms with Crippen molar-refractivity contribution in [2.24, 2.45) is 0 Å². The number of carbonyl (C=O) groups excluding carboxylic acids is 3. The second-order valence-corrected chi connectivity index (χ2v) is 11.5. The molecule has 2 aromatic rings. The number of rotatable bonds is 13. The van der Waals surface area contributed by atoms with E-state index in [4.69, 9.17) is 4.74 Å². The summed E-state index contributed by atoms with van der Waals surface area (Å²) in [6, 6.07) is 16.3. The summed E-state index contributed by atoms with van der Waals surface area (Å²) in [5, 5.41) is 25.7. The lowest BCUT2D eigenvalue weighted by molar-refractivity contribution is -0.182. The second kappa shape index (κ2) is 13.5. The number of ether oxygens (including phenoxy) is 1. The van der Waals surface area contributed by atoms with Crippen molar-refractivity contribution in [3.63, 3.8) is 0 Å². The molecule has 11 nitrogen and oxygen atoms in total. The number of amides is 2. The van der Waals surface area contributed by atoms with Crippen LogP contribution in [-0.4, -0.2) is 74.0 Å². The third-order valence-electron chi connectivity index (χ3n) is 8.45. The van der Waals surface area contributed by atoms with E-state index in [1.807, 2.05) is 12.1 Å². The maximum atomic E-state index is 14.3. The Kier molecular flexibility index (Phi) is 9.98. The second-order valence-electron chi connectivity index (χ2n) is 11.5. The molecular formula is C32H39N3O8. The van der Waals surface area contributed by atoms with Crippen molar-refractivity contribution >= 4 is 29.5 Å². The molecule has 1 saturated heterocycles. The molecule has 0 spiro atoms. The van der Waals surface area contributed by atoms with E-state index in [-0.39, 0.29) is 25.2 Å². The highest BCUT2D eigenvalue weighted by atomic mass is 16.5. The van der Waals surface area contributed by atoms with Gasteiger partial charge in [0.1, 0.15) is 0 Å². The predicted molar refractivity (Wildman–Crippen MR) is 156 cm³/mol. The molecule has 43 heavy (non-hydrogen) atoms. The molecule has 0 aromatic heterocycles. The van der Waals surface area contributed by atoms with Crippen LogP contribution >= 0.6 is 0 Å². The van der Waals surface area contributed by atoms with E-state index in [1.165, 1.54) is 18.7 Å². The van der Waals surface area contributed by atoms with E-state index in [0.717, 1.165) is 19.3 Å². The summed E-state index contributed by atoms with van der Waals surface area (Å²) < 4.78 is 6.01. The van der Waals surface area contributed by atoms with Crippen LogP contribution in [0.25, 0.3) is 0 Å². The summed E-state index contributed by atoms with van der Waals surface area (Å²) in [6.07, 6.45) is 1.75. The minimum absolute atomic E-state index is 0.0142. The molecular weight excluding hydrogens is 554 g/mol. The monoisotopic (exact) mass is 593 g/mol. The van der Waals surface area contributed by atoms with Crippen molar-refractivity contribution in [2.45, 2.75) is 94.8 Å². The van der Waals surface area contributed by atoms with Crippen LogP contribution in [0.4, 0.5) is 0 Å². The van der Waals surface area contributed by atoms with Gasteiger partial charge in [-0.3, -0.25) is 24.1 Å². The number of hydrogen-bond acceptors (Lipinski definition) is 7. The first kappa shape index (κ1) is 31.8. The lowest BCUT2D eigenvalue weighted by Gasteiger charge is -2.44. The molecule has 2 aliphatic rings. The van der Waals surface area contributed by atoms with Gasteiger partial charge in [0, 0.05) is 19.5 Å². The number of aliphatic carboxylic acids is 2. The fourth-order valence-corrected chi connectivity index (χ4v) is 5.99. The molecule has 2 fully saturated rings. The number of hydrogen-bond donors (Lipinski definition) is 4. The standard InChI is InChI=1S/C32H39N3O8/c1-21(33-28(39)31(2)29(40)34-24-15-9-10-16-25(24)43-31)27(38)32(30(41)42,18-17-26(36)37)35(19-22-11-5-3-6-12-22)20-23-13-7-4-8-14-23/h3-8,11-14,21,24-25H,9-10,15-20H2,1-2H3,(H,33,39)(H,34,40)(H,36,37)(H,41,42)/t21-,24?,25?,31?,32-/m0/s1. The van der Waals surface area contributed by atoms with Crippen LogP contribution in [0.1, 0.15) is 63.5 Å². The molecule has 0 bridgehead atoms. The predicted octanol–water partition coefficient (Wildman–Crippen LogP) is 2.67. The quantitative estimate of drug-likeness (QED) is 0.256. The lowest BCUT2D eigenvalue weighted by atomic mass is 9.82. The zero-order valence-corrected chi connectivity index (χ0v) is 24.5.